The zero-order valence-corrected chi connectivity index (χ0v) is 11.7. The maximum Gasteiger partial charge on any atom is 0.419 e. The maximum absolute atomic E-state index is 12.0. The Bertz CT molecular complexity index is 713. The summed E-state index contributed by atoms with van der Waals surface area (Å²) in [5.74, 6) is -0.422. The molecule has 0 unspecified atom stereocenters. The number of ether oxygens (including phenoxy) is 1. The first-order chi connectivity index (χ1) is 10.1. The summed E-state index contributed by atoms with van der Waals surface area (Å²) < 4.78 is 11.7. The average Bonchev–Trinajstić information content (AvgIpc) is 2.75. The SMILES string of the molecule is Cn1c(=O)oc2ccc(NC(=O)NC3CCOCC3)cc21. The van der Waals surface area contributed by atoms with Gasteiger partial charge < -0.3 is 19.8 Å². The number of aromatic nitrogens is 1. The van der Waals surface area contributed by atoms with E-state index in [4.69, 9.17) is 9.15 Å². The first kappa shape index (κ1) is 13.7. The number of fused-ring (bicyclic) bond motifs is 1. The summed E-state index contributed by atoms with van der Waals surface area (Å²) in [5.41, 5.74) is 1.75. The molecule has 1 saturated heterocycles. The number of rotatable bonds is 2. The van der Waals surface area contributed by atoms with Crippen LogP contribution in [0.4, 0.5) is 10.5 Å². The molecule has 1 fully saturated rings. The Balaban J connectivity index is 1.70. The number of carbonyl (C=O) groups is 1. The molecule has 0 atom stereocenters. The van der Waals surface area contributed by atoms with Crippen LogP contribution in [0.5, 0.6) is 0 Å². The number of oxazole rings is 1. The van der Waals surface area contributed by atoms with E-state index in [1.807, 2.05) is 0 Å². The third kappa shape index (κ3) is 2.92. The van der Waals surface area contributed by atoms with Crippen LogP contribution in [0.3, 0.4) is 0 Å². The first-order valence-electron chi connectivity index (χ1n) is 6.88. The molecule has 0 bridgehead atoms. The highest BCUT2D eigenvalue weighted by molar-refractivity contribution is 5.91. The van der Waals surface area contributed by atoms with Gasteiger partial charge in [0.15, 0.2) is 5.58 Å². The van der Waals surface area contributed by atoms with E-state index >= 15 is 0 Å². The Hall–Kier alpha value is -2.28. The van der Waals surface area contributed by atoms with Crippen molar-refractivity contribution in [1.82, 2.24) is 9.88 Å². The normalized spacial score (nSPS) is 16.0. The minimum Gasteiger partial charge on any atom is -0.408 e. The number of anilines is 1. The number of benzene rings is 1. The Morgan fingerprint density at radius 1 is 1.33 bits per heavy atom. The second-order valence-electron chi connectivity index (χ2n) is 5.09. The minimum absolute atomic E-state index is 0.140. The Morgan fingerprint density at radius 2 is 2.10 bits per heavy atom. The van der Waals surface area contributed by atoms with E-state index in [9.17, 15) is 9.59 Å². The van der Waals surface area contributed by atoms with E-state index in [0.717, 1.165) is 12.8 Å². The van der Waals surface area contributed by atoms with Crippen LogP contribution in [0.15, 0.2) is 27.4 Å². The van der Waals surface area contributed by atoms with Gasteiger partial charge >= 0.3 is 11.8 Å². The number of urea groups is 1. The van der Waals surface area contributed by atoms with Crippen LogP contribution < -0.4 is 16.4 Å². The summed E-state index contributed by atoms with van der Waals surface area (Å²) in [6, 6.07) is 4.97. The molecule has 0 radical (unpaired) electrons. The van der Waals surface area contributed by atoms with E-state index in [2.05, 4.69) is 10.6 Å². The summed E-state index contributed by atoms with van der Waals surface area (Å²) in [4.78, 5) is 23.4. The van der Waals surface area contributed by atoms with Crippen LogP contribution in [0.2, 0.25) is 0 Å². The predicted molar refractivity (Wildman–Crippen MR) is 77.5 cm³/mol. The minimum atomic E-state index is -0.422. The smallest absolute Gasteiger partial charge is 0.408 e. The van der Waals surface area contributed by atoms with Crippen molar-refractivity contribution < 1.29 is 13.9 Å². The second kappa shape index (κ2) is 5.61. The molecule has 3 rings (SSSR count). The largest absolute Gasteiger partial charge is 0.419 e. The lowest BCUT2D eigenvalue weighted by Crippen LogP contribution is -2.41. The van der Waals surface area contributed by atoms with Crippen molar-refractivity contribution in [3.05, 3.63) is 28.7 Å². The van der Waals surface area contributed by atoms with Gasteiger partial charge in [0.1, 0.15) is 0 Å². The molecule has 2 aromatic rings. The van der Waals surface area contributed by atoms with Crippen molar-refractivity contribution in [3.8, 4) is 0 Å². The number of amides is 2. The van der Waals surface area contributed by atoms with Crippen molar-refractivity contribution in [3.63, 3.8) is 0 Å². The van der Waals surface area contributed by atoms with E-state index in [0.29, 0.717) is 30.0 Å². The van der Waals surface area contributed by atoms with E-state index in [-0.39, 0.29) is 12.1 Å². The fourth-order valence-electron chi connectivity index (χ4n) is 2.40. The standard InChI is InChI=1S/C14H17N3O4/c1-17-11-8-10(2-3-12(11)21-14(17)19)16-13(18)15-9-4-6-20-7-5-9/h2-3,8-9H,4-7H2,1H3,(H2,15,16,18). The summed E-state index contributed by atoms with van der Waals surface area (Å²) in [6.07, 6.45) is 1.64. The molecule has 2 N–H and O–H groups in total. The van der Waals surface area contributed by atoms with Crippen molar-refractivity contribution >= 4 is 22.8 Å². The molecule has 2 amide bonds. The van der Waals surface area contributed by atoms with Gasteiger partial charge in [0, 0.05) is 32.0 Å². The summed E-state index contributed by atoms with van der Waals surface area (Å²) in [6.45, 7) is 1.35. The van der Waals surface area contributed by atoms with Crippen LogP contribution in [0.1, 0.15) is 12.8 Å². The molecule has 1 aromatic heterocycles. The quantitative estimate of drug-likeness (QED) is 0.876. The lowest BCUT2D eigenvalue weighted by atomic mass is 10.1. The highest BCUT2D eigenvalue weighted by Gasteiger charge is 2.16. The molecular formula is C14H17N3O4. The third-order valence-electron chi connectivity index (χ3n) is 3.61. The summed E-state index contributed by atoms with van der Waals surface area (Å²) >= 11 is 0. The van der Waals surface area contributed by atoms with Gasteiger partial charge in [0.05, 0.1) is 5.52 Å². The van der Waals surface area contributed by atoms with E-state index < -0.39 is 5.76 Å². The van der Waals surface area contributed by atoms with Gasteiger partial charge in [-0.2, -0.15) is 0 Å². The molecule has 0 saturated carbocycles. The topological polar surface area (TPSA) is 85.5 Å². The van der Waals surface area contributed by atoms with Crippen LogP contribution >= 0.6 is 0 Å². The van der Waals surface area contributed by atoms with E-state index in [1.54, 1.807) is 25.2 Å². The lowest BCUT2D eigenvalue weighted by Gasteiger charge is -2.23. The molecule has 0 spiro atoms. The Labute approximate surface area is 120 Å². The van der Waals surface area contributed by atoms with Gasteiger partial charge in [0.25, 0.3) is 0 Å². The zero-order valence-electron chi connectivity index (χ0n) is 11.7. The van der Waals surface area contributed by atoms with Gasteiger partial charge in [-0.3, -0.25) is 4.57 Å². The predicted octanol–water partition coefficient (Wildman–Crippen LogP) is 1.43. The van der Waals surface area contributed by atoms with Crippen molar-refractivity contribution in [1.29, 1.82) is 0 Å². The zero-order chi connectivity index (χ0) is 14.8. The number of nitrogens with zero attached hydrogens (tertiary/aromatic N) is 1. The van der Waals surface area contributed by atoms with Crippen LogP contribution in [-0.4, -0.2) is 29.9 Å². The molecule has 7 nitrogen and oxygen atoms in total. The molecule has 21 heavy (non-hydrogen) atoms. The van der Waals surface area contributed by atoms with Crippen LogP contribution in [-0.2, 0) is 11.8 Å². The summed E-state index contributed by atoms with van der Waals surface area (Å²) in [5, 5.41) is 5.68. The van der Waals surface area contributed by atoms with Crippen LogP contribution in [0.25, 0.3) is 11.1 Å². The van der Waals surface area contributed by atoms with Crippen molar-refractivity contribution in [2.75, 3.05) is 18.5 Å². The maximum atomic E-state index is 12.0. The fraction of sp³-hybridized carbons (Fsp3) is 0.429. The Morgan fingerprint density at radius 3 is 2.86 bits per heavy atom. The highest BCUT2D eigenvalue weighted by Crippen LogP contribution is 2.17. The summed E-state index contributed by atoms with van der Waals surface area (Å²) in [7, 11) is 1.63. The third-order valence-corrected chi connectivity index (χ3v) is 3.61. The fourth-order valence-corrected chi connectivity index (χ4v) is 2.40. The number of nitrogens with one attached hydrogen (secondary N) is 2. The number of hydrogen-bond donors (Lipinski definition) is 2. The van der Waals surface area contributed by atoms with Gasteiger partial charge in [-0.05, 0) is 31.0 Å². The average molecular weight is 291 g/mol. The van der Waals surface area contributed by atoms with Gasteiger partial charge in [0.2, 0.25) is 0 Å². The second-order valence-corrected chi connectivity index (χ2v) is 5.09. The van der Waals surface area contributed by atoms with Gasteiger partial charge in [-0.1, -0.05) is 0 Å². The molecule has 1 aliphatic rings. The van der Waals surface area contributed by atoms with Crippen molar-refractivity contribution in [2.24, 2.45) is 7.05 Å². The molecule has 2 heterocycles. The number of carbonyl (C=O) groups excluding carboxylic acids is 1. The van der Waals surface area contributed by atoms with Crippen molar-refractivity contribution in [2.45, 2.75) is 18.9 Å². The van der Waals surface area contributed by atoms with Crippen LogP contribution in [0, 0.1) is 0 Å². The Kier molecular flexibility index (Phi) is 3.66. The molecule has 1 aromatic carbocycles. The van der Waals surface area contributed by atoms with Gasteiger partial charge in [-0.15, -0.1) is 0 Å². The lowest BCUT2D eigenvalue weighted by molar-refractivity contribution is 0.0806. The molecule has 112 valence electrons. The number of aryl methyl sites for hydroxylation is 1. The molecule has 1 aliphatic heterocycles. The molecular weight excluding hydrogens is 274 g/mol. The molecule has 7 heteroatoms. The molecule has 0 aliphatic carbocycles. The highest BCUT2D eigenvalue weighted by atomic mass is 16.5. The van der Waals surface area contributed by atoms with Gasteiger partial charge in [-0.25, -0.2) is 9.59 Å². The van der Waals surface area contributed by atoms with E-state index in [1.165, 1.54) is 4.57 Å². The monoisotopic (exact) mass is 291 g/mol. The number of hydrogen-bond acceptors (Lipinski definition) is 4. The first-order valence-corrected chi connectivity index (χ1v) is 6.88.